The maximum atomic E-state index is 12.7. The van der Waals surface area contributed by atoms with Gasteiger partial charge in [0.05, 0.1) is 11.5 Å². The SMILES string of the molecule is CC(=O)OC1C(OC(C)=O)[C@](O)(CCOS(=O)(=O)c2ccc(C)cc2)[C@@H](OC(C)=O)C(OC(C)=O)[C@H]1OC(C)=O. The molecular weight excluding hydrogens is 556 g/mol. The number of rotatable bonds is 10. The van der Waals surface area contributed by atoms with Crippen molar-refractivity contribution in [1.29, 1.82) is 0 Å². The van der Waals surface area contributed by atoms with Gasteiger partial charge in [0.25, 0.3) is 10.1 Å². The summed E-state index contributed by atoms with van der Waals surface area (Å²) in [5, 5.41) is 12.0. The molecule has 3 unspecified atom stereocenters. The molecule has 0 heterocycles. The van der Waals surface area contributed by atoms with E-state index >= 15 is 0 Å². The average Bonchev–Trinajstić information content (AvgIpc) is 2.80. The predicted octanol–water partition coefficient (Wildman–Crippen LogP) is 0.494. The van der Waals surface area contributed by atoms with Crippen LogP contribution in [0.25, 0.3) is 0 Å². The number of aliphatic hydroxyl groups is 1. The zero-order valence-electron chi connectivity index (χ0n) is 22.8. The van der Waals surface area contributed by atoms with Gasteiger partial charge in [0.15, 0.2) is 30.5 Å². The first-order chi connectivity index (χ1) is 18.5. The molecule has 1 saturated carbocycles. The molecule has 222 valence electrons. The standard InChI is InChI=1S/C25H32O14S/c1-13-7-9-19(10-8-13)40(32,33)34-12-11-25(31)23(38-17(5)29)21(36-15(3)27)20(35-14(2)26)22(37-16(4)28)24(25)39-18(6)30/h7-10,20-24,31H,11-12H2,1-6H3/t20-,21?,22?,23+,24?,25+/m1/s1. The van der Waals surface area contributed by atoms with E-state index < -0.39 is 89.1 Å². The van der Waals surface area contributed by atoms with E-state index in [4.69, 9.17) is 27.9 Å². The number of carbonyl (C=O) groups is 5. The summed E-state index contributed by atoms with van der Waals surface area (Å²) in [4.78, 5) is 60.0. The Morgan fingerprint density at radius 1 is 0.700 bits per heavy atom. The van der Waals surface area contributed by atoms with Crippen molar-refractivity contribution >= 4 is 40.0 Å². The highest BCUT2D eigenvalue weighted by atomic mass is 32.2. The Hall–Kier alpha value is -3.56. The minimum atomic E-state index is -4.34. The van der Waals surface area contributed by atoms with Crippen LogP contribution in [0.3, 0.4) is 0 Å². The Kier molecular flexibility index (Phi) is 10.8. The molecule has 1 aliphatic carbocycles. The molecule has 1 N–H and O–H groups in total. The number of benzene rings is 1. The van der Waals surface area contributed by atoms with E-state index in [1.54, 1.807) is 19.1 Å². The fourth-order valence-corrected chi connectivity index (χ4v) is 5.21. The molecule has 1 aliphatic rings. The molecule has 0 spiro atoms. The van der Waals surface area contributed by atoms with Gasteiger partial charge in [0.2, 0.25) is 0 Å². The van der Waals surface area contributed by atoms with Crippen LogP contribution in [0.2, 0.25) is 0 Å². The monoisotopic (exact) mass is 588 g/mol. The normalized spacial score (nSPS) is 26.2. The zero-order valence-corrected chi connectivity index (χ0v) is 23.6. The predicted molar refractivity (Wildman–Crippen MR) is 132 cm³/mol. The van der Waals surface area contributed by atoms with E-state index in [0.29, 0.717) is 0 Å². The Morgan fingerprint density at radius 2 is 1.07 bits per heavy atom. The molecule has 6 atom stereocenters. The van der Waals surface area contributed by atoms with Gasteiger partial charge >= 0.3 is 29.8 Å². The van der Waals surface area contributed by atoms with Gasteiger partial charge in [0.1, 0.15) is 5.60 Å². The summed E-state index contributed by atoms with van der Waals surface area (Å²) in [6.07, 6.45) is -9.87. The molecule has 15 heteroatoms. The van der Waals surface area contributed by atoms with E-state index in [0.717, 1.165) is 40.2 Å². The highest BCUT2D eigenvalue weighted by Crippen LogP contribution is 2.41. The molecule has 40 heavy (non-hydrogen) atoms. The molecule has 0 amide bonds. The minimum Gasteiger partial charge on any atom is -0.455 e. The van der Waals surface area contributed by atoms with Gasteiger partial charge in [-0.2, -0.15) is 8.42 Å². The topological polar surface area (TPSA) is 195 Å². The summed E-state index contributed by atoms with van der Waals surface area (Å²) in [5.74, 6) is -4.87. The van der Waals surface area contributed by atoms with Gasteiger partial charge in [-0.15, -0.1) is 0 Å². The molecule has 1 aromatic rings. The molecule has 0 saturated heterocycles. The molecule has 0 aliphatic heterocycles. The van der Waals surface area contributed by atoms with Crippen molar-refractivity contribution in [2.24, 2.45) is 0 Å². The van der Waals surface area contributed by atoms with Crippen molar-refractivity contribution < 1.29 is 65.4 Å². The van der Waals surface area contributed by atoms with E-state index in [9.17, 15) is 37.5 Å². The Bertz CT molecular complexity index is 1180. The van der Waals surface area contributed by atoms with Crippen molar-refractivity contribution in [3.8, 4) is 0 Å². The number of carbonyl (C=O) groups excluding carboxylic acids is 5. The minimum absolute atomic E-state index is 0.188. The smallest absolute Gasteiger partial charge is 0.303 e. The molecule has 14 nitrogen and oxygen atoms in total. The van der Waals surface area contributed by atoms with Crippen LogP contribution in [0.4, 0.5) is 0 Å². The van der Waals surface area contributed by atoms with Gasteiger partial charge in [-0.25, -0.2) is 0 Å². The third-order valence-corrected chi connectivity index (χ3v) is 7.10. The van der Waals surface area contributed by atoms with Gasteiger partial charge in [-0.1, -0.05) is 17.7 Å². The number of ether oxygens (including phenoxy) is 5. The van der Waals surface area contributed by atoms with Crippen LogP contribution in [0.1, 0.15) is 46.6 Å². The lowest BCUT2D eigenvalue weighted by Crippen LogP contribution is -2.74. The van der Waals surface area contributed by atoms with E-state index in [1.165, 1.54) is 12.1 Å². The number of hydrogen-bond donors (Lipinski definition) is 1. The molecular formula is C25H32O14S. The Labute approximate surface area is 230 Å². The Morgan fingerprint density at radius 3 is 1.45 bits per heavy atom. The molecule has 1 fully saturated rings. The maximum absolute atomic E-state index is 12.7. The van der Waals surface area contributed by atoms with E-state index in [-0.39, 0.29) is 4.90 Å². The molecule has 2 rings (SSSR count). The summed E-state index contributed by atoms with van der Waals surface area (Å²) in [5.41, 5.74) is -1.81. The van der Waals surface area contributed by atoms with Crippen molar-refractivity contribution in [2.45, 2.75) is 89.0 Å². The largest absolute Gasteiger partial charge is 0.455 e. The molecule has 1 aromatic carbocycles. The van der Waals surface area contributed by atoms with Gasteiger partial charge < -0.3 is 28.8 Å². The third-order valence-electron chi connectivity index (χ3n) is 5.77. The lowest BCUT2D eigenvalue weighted by molar-refractivity contribution is -0.288. The van der Waals surface area contributed by atoms with Crippen LogP contribution in [0, 0.1) is 6.92 Å². The van der Waals surface area contributed by atoms with Crippen LogP contribution >= 0.6 is 0 Å². The molecule has 0 aromatic heterocycles. The quantitative estimate of drug-likeness (QED) is 0.225. The fraction of sp³-hybridized carbons (Fsp3) is 0.560. The van der Waals surface area contributed by atoms with Crippen molar-refractivity contribution in [2.75, 3.05) is 6.61 Å². The second-order valence-electron chi connectivity index (χ2n) is 9.11. The van der Waals surface area contributed by atoms with E-state index in [2.05, 4.69) is 0 Å². The second-order valence-corrected chi connectivity index (χ2v) is 10.7. The molecule has 0 bridgehead atoms. The van der Waals surface area contributed by atoms with Crippen LogP contribution in [0.15, 0.2) is 29.2 Å². The van der Waals surface area contributed by atoms with Crippen molar-refractivity contribution in [3.05, 3.63) is 29.8 Å². The van der Waals surface area contributed by atoms with Gasteiger partial charge in [0, 0.05) is 41.0 Å². The highest BCUT2D eigenvalue weighted by molar-refractivity contribution is 7.86. The first-order valence-corrected chi connectivity index (χ1v) is 13.4. The summed E-state index contributed by atoms with van der Waals surface area (Å²) in [7, 11) is -4.34. The van der Waals surface area contributed by atoms with Crippen molar-refractivity contribution in [1.82, 2.24) is 0 Å². The summed E-state index contributed by atoms with van der Waals surface area (Å²) < 4.78 is 56.9. The number of aryl methyl sites for hydroxylation is 1. The lowest BCUT2D eigenvalue weighted by Gasteiger charge is -2.52. The number of esters is 5. The summed E-state index contributed by atoms with van der Waals surface area (Å²) in [6, 6.07) is 5.70. The van der Waals surface area contributed by atoms with Crippen LogP contribution < -0.4 is 0 Å². The highest BCUT2D eigenvalue weighted by Gasteiger charge is 2.66. The first kappa shape index (κ1) is 32.7. The van der Waals surface area contributed by atoms with Crippen LogP contribution in [-0.2, 0) is 62.0 Å². The van der Waals surface area contributed by atoms with Crippen molar-refractivity contribution in [3.63, 3.8) is 0 Å². The maximum Gasteiger partial charge on any atom is 0.303 e. The third kappa shape index (κ3) is 8.22. The van der Waals surface area contributed by atoms with Gasteiger partial charge in [-0.3, -0.25) is 28.2 Å². The van der Waals surface area contributed by atoms with Crippen LogP contribution in [-0.4, -0.2) is 86.1 Å². The van der Waals surface area contributed by atoms with Gasteiger partial charge in [-0.05, 0) is 19.1 Å². The Balaban J connectivity index is 2.63. The summed E-state index contributed by atoms with van der Waals surface area (Å²) in [6.45, 7) is 5.85. The fourth-order valence-electron chi connectivity index (χ4n) is 4.30. The second kappa shape index (κ2) is 13.2. The van der Waals surface area contributed by atoms with Crippen LogP contribution in [0.5, 0.6) is 0 Å². The average molecular weight is 589 g/mol. The number of hydrogen-bond acceptors (Lipinski definition) is 14. The summed E-state index contributed by atoms with van der Waals surface area (Å²) >= 11 is 0. The zero-order chi connectivity index (χ0) is 30.4. The lowest BCUT2D eigenvalue weighted by atomic mass is 9.72. The first-order valence-electron chi connectivity index (χ1n) is 12.0. The van der Waals surface area contributed by atoms with E-state index in [1.807, 2.05) is 0 Å². The molecule has 0 radical (unpaired) electrons.